The fourth-order valence-corrected chi connectivity index (χ4v) is 1.32. The average molecular weight is 220 g/mol. The van der Waals surface area contributed by atoms with E-state index in [1.165, 1.54) is 0 Å². The molecule has 1 fully saturated rings. The van der Waals surface area contributed by atoms with Crippen molar-refractivity contribution in [2.24, 2.45) is 0 Å². The van der Waals surface area contributed by atoms with Crippen molar-refractivity contribution in [2.45, 2.75) is 25.0 Å². The highest BCUT2D eigenvalue weighted by Crippen LogP contribution is 2.17. The zero-order chi connectivity index (χ0) is 8.43. The molecule has 1 amide bonds. The minimum Gasteiger partial charge on any atom is -0.391 e. The summed E-state index contributed by atoms with van der Waals surface area (Å²) in [7, 11) is 0. The van der Waals surface area contributed by atoms with Crippen LogP contribution in [0.1, 0.15) is 12.8 Å². The van der Waals surface area contributed by atoms with Crippen molar-refractivity contribution in [1.29, 1.82) is 0 Å². The lowest BCUT2D eigenvalue weighted by atomic mass is 9.98. The number of carbonyl (C=O) groups is 1. The van der Waals surface area contributed by atoms with Crippen LogP contribution in [0.25, 0.3) is 0 Å². The molecule has 1 heterocycles. The molecule has 4 heteroatoms. The van der Waals surface area contributed by atoms with Crippen molar-refractivity contribution in [2.75, 3.05) is 0 Å². The lowest BCUT2D eigenvalue weighted by molar-refractivity contribution is -0.130. The molecular weight excluding hydrogens is 210 g/mol. The van der Waals surface area contributed by atoms with Crippen LogP contribution in [-0.4, -0.2) is 23.2 Å². The van der Waals surface area contributed by atoms with Gasteiger partial charge in [-0.1, -0.05) is 22.5 Å². The van der Waals surface area contributed by atoms with Crippen molar-refractivity contribution in [1.82, 2.24) is 5.32 Å². The van der Waals surface area contributed by atoms with E-state index < -0.39 is 6.10 Å². The van der Waals surface area contributed by atoms with Gasteiger partial charge in [0.25, 0.3) is 0 Å². The molecule has 1 aliphatic rings. The maximum absolute atomic E-state index is 10.4. The number of aliphatic hydroxyl groups excluding tert-OH is 1. The van der Waals surface area contributed by atoms with Gasteiger partial charge >= 0.3 is 0 Å². The molecule has 0 bridgehead atoms. The zero-order valence-corrected chi connectivity index (χ0v) is 7.60. The van der Waals surface area contributed by atoms with Gasteiger partial charge in [0.15, 0.2) is 0 Å². The van der Waals surface area contributed by atoms with Crippen molar-refractivity contribution in [3.8, 4) is 0 Å². The highest BCUT2D eigenvalue weighted by atomic mass is 79.9. The number of rotatable bonds is 3. The molecule has 1 rings (SSSR count). The second-order valence-corrected chi connectivity index (χ2v) is 3.79. The molecule has 1 saturated heterocycles. The summed E-state index contributed by atoms with van der Waals surface area (Å²) >= 11 is 3.14. The van der Waals surface area contributed by atoms with E-state index in [2.05, 4.69) is 27.8 Å². The second kappa shape index (κ2) is 3.36. The van der Waals surface area contributed by atoms with Crippen LogP contribution in [0.5, 0.6) is 0 Å². The maximum Gasteiger partial charge on any atom is 0.222 e. The van der Waals surface area contributed by atoms with Gasteiger partial charge in [0, 0.05) is 12.8 Å². The van der Waals surface area contributed by atoms with Crippen LogP contribution >= 0.6 is 15.9 Å². The second-order valence-electron chi connectivity index (χ2n) is 2.67. The molecule has 0 aromatic heterocycles. The number of nitrogens with one attached hydrogen (secondary N) is 1. The van der Waals surface area contributed by atoms with Gasteiger partial charge in [0.1, 0.15) is 0 Å². The van der Waals surface area contributed by atoms with E-state index >= 15 is 0 Å². The van der Waals surface area contributed by atoms with Crippen molar-refractivity contribution >= 4 is 21.8 Å². The first-order valence-corrected chi connectivity index (χ1v) is 4.19. The van der Waals surface area contributed by atoms with Crippen LogP contribution in [0.15, 0.2) is 11.1 Å². The molecule has 0 saturated carbocycles. The molecule has 2 N–H and O–H groups in total. The Labute approximate surface area is 73.6 Å². The minimum atomic E-state index is -0.500. The van der Waals surface area contributed by atoms with E-state index in [4.69, 9.17) is 0 Å². The van der Waals surface area contributed by atoms with Gasteiger partial charge < -0.3 is 10.4 Å². The Morgan fingerprint density at radius 2 is 2.55 bits per heavy atom. The van der Waals surface area contributed by atoms with Crippen LogP contribution in [0.4, 0.5) is 0 Å². The third kappa shape index (κ3) is 2.31. The van der Waals surface area contributed by atoms with Crippen molar-refractivity contribution in [3.05, 3.63) is 11.1 Å². The van der Waals surface area contributed by atoms with Gasteiger partial charge in [-0.2, -0.15) is 0 Å². The Morgan fingerprint density at radius 3 is 2.91 bits per heavy atom. The van der Waals surface area contributed by atoms with Gasteiger partial charge in [-0.15, -0.1) is 0 Å². The maximum atomic E-state index is 10.4. The summed E-state index contributed by atoms with van der Waals surface area (Å²) in [5.41, 5.74) is 0. The Bertz CT molecular complexity index is 185. The van der Waals surface area contributed by atoms with Gasteiger partial charge in [-0.3, -0.25) is 4.79 Å². The normalized spacial score (nSPS) is 25.3. The summed E-state index contributed by atoms with van der Waals surface area (Å²) in [5.74, 6) is 0.00855. The molecule has 0 aliphatic carbocycles. The Hall–Kier alpha value is -0.350. The standard InChI is InChI=1S/C7H10BrNO2/c1-4(8)2-6(10)5-3-7(11)9-5/h5-6,10H,1-3H2,(H,9,11). The first-order chi connectivity index (χ1) is 5.09. The Balaban J connectivity index is 2.26. The van der Waals surface area contributed by atoms with E-state index in [1.807, 2.05) is 0 Å². The van der Waals surface area contributed by atoms with Gasteiger partial charge in [0.05, 0.1) is 12.1 Å². The topological polar surface area (TPSA) is 49.3 Å². The fraction of sp³-hybridized carbons (Fsp3) is 0.571. The summed E-state index contributed by atoms with van der Waals surface area (Å²) in [5, 5.41) is 11.9. The first-order valence-electron chi connectivity index (χ1n) is 3.40. The molecule has 0 radical (unpaired) electrons. The van der Waals surface area contributed by atoms with Crippen molar-refractivity contribution < 1.29 is 9.90 Å². The van der Waals surface area contributed by atoms with Gasteiger partial charge in [-0.25, -0.2) is 0 Å². The SMILES string of the molecule is C=C(Br)CC(O)C1CC(=O)N1. The average Bonchev–Trinajstić information content (AvgIpc) is 1.79. The molecule has 11 heavy (non-hydrogen) atoms. The largest absolute Gasteiger partial charge is 0.391 e. The number of aliphatic hydroxyl groups is 1. The van der Waals surface area contributed by atoms with E-state index in [-0.39, 0.29) is 11.9 Å². The highest BCUT2D eigenvalue weighted by Gasteiger charge is 2.31. The Kier molecular flexibility index (Phi) is 2.67. The van der Waals surface area contributed by atoms with Crippen LogP contribution < -0.4 is 5.32 Å². The first kappa shape index (κ1) is 8.74. The lowest BCUT2D eigenvalue weighted by Gasteiger charge is -2.31. The van der Waals surface area contributed by atoms with Crippen molar-refractivity contribution in [3.63, 3.8) is 0 Å². The van der Waals surface area contributed by atoms with E-state index in [0.29, 0.717) is 12.8 Å². The molecule has 0 aromatic carbocycles. The minimum absolute atomic E-state index is 0.00855. The molecule has 1 aliphatic heterocycles. The smallest absolute Gasteiger partial charge is 0.222 e. The predicted molar refractivity (Wildman–Crippen MR) is 45.2 cm³/mol. The quantitative estimate of drug-likeness (QED) is 0.681. The summed E-state index contributed by atoms with van der Waals surface area (Å²) < 4.78 is 0.756. The van der Waals surface area contributed by atoms with Gasteiger partial charge in [0.2, 0.25) is 5.91 Å². The van der Waals surface area contributed by atoms with Crippen LogP contribution in [0.2, 0.25) is 0 Å². The third-order valence-corrected chi connectivity index (χ3v) is 1.97. The number of hydrogen-bond donors (Lipinski definition) is 2. The fourth-order valence-electron chi connectivity index (χ4n) is 0.987. The number of hydrogen-bond acceptors (Lipinski definition) is 2. The zero-order valence-electron chi connectivity index (χ0n) is 6.01. The number of amides is 1. The number of carbonyl (C=O) groups excluding carboxylic acids is 1. The molecule has 2 unspecified atom stereocenters. The highest BCUT2D eigenvalue weighted by molar-refractivity contribution is 9.11. The van der Waals surface area contributed by atoms with E-state index in [9.17, 15) is 9.90 Å². The molecule has 0 aromatic rings. The number of halogens is 1. The monoisotopic (exact) mass is 219 g/mol. The van der Waals surface area contributed by atoms with E-state index in [0.717, 1.165) is 4.48 Å². The molecule has 0 spiro atoms. The van der Waals surface area contributed by atoms with Crippen LogP contribution in [0.3, 0.4) is 0 Å². The molecule has 62 valence electrons. The summed E-state index contributed by atoms with van der Waals surface area (Å²) in [4.78, 5) is 10.4. The predicted octanol–water partition coefficient (Wildman–Crippen LogP) is 0.534. The van der Waals surface area contributed by atoms with Crippen LogP contribution in [0, 0.1) is 0 Å². The molecular formula is C7H10BrNO2. The molecule has 2 atom stereocenters. The lowest BCUT2D eigenvalue weighted by Crippen LogP contribution is -2.54. The summed E-state index contributed by atoms with van der Waals surface area (Å²) in [6.45, 7) is 3.60. The summed E-state index contributed by atoms with van der Waals surface area (Å²) in [6.07, 6.45) is 0.423. The molecule has 3 nitrogen and oxygen atoms in total. The summed E-state index contributed by atoms with van der Waals surface area (Å²) in [6, 6.07) is -0.0724. The number of β-lactam (4-membered cyclic amide) rings is 1. The van der Waals surface area contributed by atoms with E-state index in [1.54, 1.807) is 0 Å². The van der Waals surface area contributed by atoms with Gasteiger partial charge in [-0.05, 0) is 4.48 Å². The third-order valence-electron chi connectivity index (χ3n) is 1.65. The Morgan fingerprint density at radius 1 is 2.00 bits per heavy atom. The van der Waals surface area contributed by atoms with Crippen LogP contribution in [-0.2, 0) is 4.79 Å².